The third-order valence-corrected chi connectivity index (χ3v) is 2.89. The van der Waals surface area contributed by atoms with Crippen molar-refractivity contribution in [1.82, 2.24) is 15.3 Å². The molecule has 102 valence electrons. The molecule has 1 saturated heterocycles. The zero-order valence-corrected chi connectivity index (χ0v) is 10.3. The van der Waals surface area contributed by atoms with Crippen LogP contribution in [0.5, 0.6) is 0 Å². The van der Waals surface area contributed by atoms with Crippen LogP contribution in [0.3, 0.4) is 0 Å². The van der Waals surface area contributed by atoms with Crippen LogP contribution in [0.25, 0.3) is 0 Å². The number of aromatic carboxylic acids is 1. The predicted octanol–water partition coefficient (Wildman–Crippen LogP) is 0.474. The molecule has 1 aliphatic heterocycles. The summed E-state index contributed by atoms with van der Waals surface area (Å²) in [5.74, 6) is -1.50. The molecule has 19 heavy (non-hydrogen) atoms. The van der Waals surface area contributed by atoms with Gasteiger partial charge < -0.3 is 15.2 Å². The van der Waals surface area contributed by atoms with Crippen molar-refractivity contribution in [2.45, 2.75) is 25.3 Å². The third kappa shape index (κ3) is 3.72. The second-order valence-corrected chi connectivity index (χ2v) is 4.31. The maximum atomic E-state index is 11.9. The topological polar surface area (TPSA) is 101 Å². The number of nitrogens with one attached hydrogen (secondary N) is 1. The molecule has 1 aromatic rings. The largest absolute Gasteiger partial charge is 0.476 e. The molecule has 2 rings (SSSR count). The summed E-state index contributed by atoms with van der Waals surface area (Å²) in [5, 5.41) is 11.5. The van der Waals surface area contributed by atoms with E-state index in [1.807, 2.05) is 0 Å². The Morgan fingerprint density at radius 2 is 1.95 bits per heavy atom. The van der Waals surface area contributed by atoms with Crippen LogP contribution in [0.1, 0.15) is 40.2 Å². The van der Waals surface area contributed by atoms with Crippen molar-refractivity contribution in [3.8, 4) is 0 Å². The molecule has 0 aromatic carbocycles. The lowest BCUT2D eigenvalue weighted by Crippen LogP contribution is -2.35. The first-order chi connectivity index (χ1) is 9.16. The van der Waals surface area contributed by atoms with Gasteiger partial charge in [-0.2, -0.15) is 0 Å². The number of nitrogens with zero attached hydrogens (tertiary/aromatic N) is 2. The van der Waals surface area contributed by atoms with E-state index >= 15 is 0 Å². The summed E-state index contributed by atoms with van der Waals surface area (Å²) in [6.45, 7) is 1.36. The van der Waals surface area contributed by atoms with Crippen LogP contribution in [-0.4, -0.2) is 46.2 Å². The Labute approximate surface area is 110 Å². The summed E-state index contributed by atoms with van der Waals surface area (Å²) in [6.07, 6.45) is 4.80. The lowest BCUT2D eigenvalue weighted by atomic mass is 10.1. The summed E-state index contributed by atoms with van der Waals surface area (Å²) in [4.78, 5) is 30.0. The Morgan fingerprint density at radius 1 is 1.21 bits per heavy atom. The molecule has 1 aliphatic rings. The van der Waals surface area contributed by atoms with Crippen LogP contribution in [0.2, 0.25) is 0 Å². The number of carbonyl (C=O) groups is 2. The number of carbonyl (C=O) groups excluding carboxylic acids is 1. The zero-order valence-electron chi connectivity index (χ0n) is 10.3. The van der Waals surface area contributed by atoms with Crippen molar-refractivity contribution < 1.29 is 19.4 Å². The summed E-state index contributed by atoms with van der Waals surface area (Å²) in [7, 11) is 0. The molecule has 0 aliphatic carbocycles. The first-order valence-corrected chi connectivity index (χ1v) is 6.11. The Hall–Kier alpha value is -2.02. The monoisotopic (exact) mass is 265 g/mol. The van der Waals surface area contributed by atoms with Crippen LogP contribution in [0.15, 0.2) is 12.4 Å². The van der Waals surface area contributed by atoms with Gasteiger partial charge in [0.2, 0.25) is 0 Å². The van der Waals surface area contributed by atoms with E-state index in [0.29, 0.717) is 6.61 Å². The van der Waals surface area contributed by atoms with E-state index in [2.05, 4.69) is 15.3 Å². The number of aromatic nitrogens is 2. The maximum Gasteiger partial charge on any atom is 0.356 e. The van der Waals surface area contributed by atoms with Gasteiger partial charge in [0.1, 0.15) is 5.69 Å². The van der Waals surface area contributed by atoms with Crippen LogP contribution in [0.4, 0.5) is 0 Å². The Morgan fingerprint density at radius 3 is 2.63 bits per heavy atom. The molecule has 1 fully saturated rings. The van der Waals surface area contributed by atoms with Gasteiger partial charge in [-0.15, -0.1) is 0 Å². The lowest BCUT2D eigenvalue weighted by molar-refractivity contribution is 0.0688. The van der Waals surface area contributed by atoms with Gasteiger partial charge in [-0.05, 0) is 19.3 Å². The highest BCUT2D eigenvalue weighted by molar-refractivity contribution is 5.92. The second-order valence-electron chi connectivity index (χ2n) is 4.31. The molecular formula is C12H15N3O4. The van der Waals surface area contributed by atoms with Gasteiger partial charge in [0, 0.05) is 19.3 Å². The molecule has 1 aromatic heterocycles. The quantitative estimate of drug-likeness (QED) is 0.824. The van der Waals surface area contributed by atoms with Crippen molar-refractivity contribution in [3.63, 3.8) is 0 Å². The highest BCUT2D eigenvalue weighted by atomic mass is 16.5. The van der Waals surface area contributed by atoms with Gasteiger partial charge in [-0.1, -0.05) is 0 Å². The molecule has 0 saturated carbocycles. The average molecular weight is 265 g/mol. The Balaban J connectivity index is 1.96. The van der Waals surface area contributed by atoms with Crippen molar-refractivity contribution in [2.24, 2.45) is 0 Å². The van der Waals surface area contributed by atoms with Crippen LogP contribution < -0.4 is 5.32 Å². The summed E-state index contributed by atoms with van der Waals surface area (Å²) in [5.41, 5.74) is -0.0606. The van der Waals surface area contributed by atoms with Crippen molar-refractivity contribution in [2.75, 3.05) is 13.2 Å². The summed E-state index contributed by atoms with van der Waals surface area (Å²) in [6, 6.07) is 0.0657. The van der Waals surface area contributed by atoms with E-state index in [1.54, 1.807) is 0 Å². The molecule has 0 radical (unpaired) electrons. The minimum atomic E-state index is -1.17. The molecule has 7 heteroatoms. The van der Waals surface area contributed by atoms with E-state index in [1.165, 1.54) is 6.20 Å². The fraction of sp³-hybridized carbons (Fsp3) is 0.500. The number of rotatable bonds is 3. The number of amides is 1. The zero-order chi connectivity index (χ0) is 13.7. The van der Waals surface area contributed by atoms with Gasteiger partial charge in [0.15, 0.2) is 5.69 Å². The number of carboxylic acid groups (broad SMARTS) is 1. The molecule has 2 N–H and O–H groups in total. The lowest BCUT2D eigenvalue weighted by Gasteiger charge is -2.14. The SMILES string of the molecule is O=C(O)c1cnc(C(=O)NC2CCCOCC2)cn1. The average Bonchev–Trinajstić information content (AvgIpc) is 2.67. The number of carboxylic acids is 1. The standard InChI is InChI=1S/C12H15N3O4/c16-11(15-8-2-1-4-19-5-3-8)9-6-14-10(7-13-9)12(17)18/h6-8H,1-5H2,(H,15,16)(H,17,18). The molecule has 0 spiro atoms. The van der Waals surface area contributed by atoms with Crippen molar-refractivity contribution in [1.29, 1.82) is 0 Å². The van der Waals surface area contributed by atoms with E-state index < -0.39 is 5.97 Å². The smallest absolute Gasteiger partial charge is 0.356 e. The van der Waals surface area contributed by atoms with Gasteiger partial charge >= 0.3 is 5.97 Å². The first kappa shape index (κ1) is 13.4. The van der Waals surface area contributed by atoms with Crippen molar-refractivity contribution >= 4 is 11.9 Å². The maximum absolute atomic E-state index is 11.9. The second kappa shape index (κ2) is 6.24. The van der Waals surface area contributed by atoms with E-state index in [9.17, 15) is 9.59 Å². The molecule has 1 unspecified atom stereocenters. The Bertz CT molecular complexity index is 453. The summed E-state index contributed by atoms with van der Waals surface area (Å²) < 4.78 is 5.31. The number of hydrogen-bond donors (Lipinski definition) is 2. The molecular weight excluding hydrogens is 250 g/mol. The molecule has 7 nitrogen and oxygen atoms in total. The van der Waals surface area contributed by atoms with E-state index in [4.69, 9.17) is 9.84 Å². The fourth-order valence-electron chi connectivity index (χ4n) is 1.86. The van der Waals surface area contributed by atoms with Gasteiger partial charge in [0.05, 0.1) is 12.4 Å². The highest BCUT2D eigenvalue weighted by Gasteiger charge is 2.17. The molecule has 1 atom stereocenters. The summed E-state index contributed by atoms with van der Waals surface area (Å²) >= 11 is 0. The highest BCUT2D eigenvalue weighted by Crippen LogP contribution is 2.08. The molecule has 1 amide bonds. The van der Waals surface area contributed by atoms with Crippen LogP contribution >= 0.6 is 0 Å². The predicted molar refractivity (Wildman–Crippen MR) is 64.9 cm³/mol. The van der Waals surface area contributed by atoms with E-state index in [0.717, 1.165) is 32.1 Å². The minimum absolute atomic E-state index is 0.0657. The van der Waals surface area contributed by atoms with Crippen LogP contribution in [-0.2, 0) is 4.74 Å². The minimum Gasteiger partial charge on any atom is -0.476 e. The fourth-order valence-corrected chi connectivity index (χ4v) is 1.86. The first-order valence-electron chi connectivity index (χ1n) is 6.11. The number of hydrogen-bond acceptors (Lipinski definition) is 5. The van der Waals surface area contributed by atoms with Crippen molar-refractivity contribution in [3.05, 3.63) is 23.8 Å². The van der Waals surface area contributed by atoms with Gasteiger partial charge in [-0.3, -0.25) is 4.79 Å². The molecule has 0 bridgehead atoms. The Kier molecular flexibility index (Phi) is 4.40. The molecule has 2 heterocycles. The van der Waals surface area contributed by atoms with Crippen LogP contribution in [0, 0.1) is 0 Å². The van der Waals surface area contributed by atoms with Gasteiger partial charge in [0.25, 0.3) is 5.91 Å². The third-order valence-electron chi connectivity index (χ3n) is 2.89. The van der Waals surface area contributed by atoms with E-state index in [-0.39, 0.29) is 23.3 Å². The van der Waals surface area contributed by atoms with Gasteiger partial charge in [-0.25, -0.2) is 14.8 Å². The number of ether oxygens (including phenoxy) is 1. The normalized spacial score (nSPS) is 19.5.